The van der Waals surface area contributed by atoms with Crippen LogP contribution in [0.5, 0.6) is 0 Å². The van der Waals surface area contributed by atoms with Crippen LogP contribution < -0.4 is 10.0 Å². The molecule has 0 aliphatic carbocycles. The van der Waals surface area contributed by atoms with Gasteiger partial charge in [-0.15, -0.1) is 0 Å². The van der Waals surface area contributed by atoms with Gasteiger partial charge in [-0.05, 0) is 42.5 Å². The van der Waals surface area contributed by atoms with E-state index in [1.54, 1.807) is 38.4 Å². The number of anilines is 1. The number of hydrogen-bond donors (Lipinski definition) is 2. The van der Waals surface area contributed by atoms with E-state index in [1.165, 1.54) is 29.2 Å². The third kappa shape index (κ3) is 6.07. The summed E-state index contributed by atoms with van der Waals surface area (Å²) in [7, 11) is -0.562. The molecule has 0 fully saturated rings. The Labute approximate surface area is 166 Å². The first kappa shape index (κ1) is 20.9. The number of amides is 2. The predicted octanol–water partition coefficient (Wildman–Crippen LogP) is 2.46. The molecule has 0 spiro atoms. The fourth-order valence-electron chi connectivity index (χ4n) is 2.15. The number of nitrogens with zero attached hydrogens (tertiary/aromatic N) is 1. The zero-order valence-corrected chi connectivity index (χ0v) is 17.3. The maximum absolute atomic E-state index is 12.5. The molecule has 0 unspecified atom stereocenters. The smallest absolute Gasteiger partial charge is 0.261 e. The van der Waals surface area contributed by atoms with E-state index >= 15 is 0 Å². The molecule has 144 valence electrons. The van der Waals surface area contributed by atoms with Gasteiger partial charge in [0.25, 0.3) is 15.9 Å². The van der Waals surface area contributed by atoms with Gasteiger partial charge in [0.1, 0.15) is 0 Å². The molecular formula is C18H20BrN3O4S. The molecule has 2 N–H and O–H groups in total. The second kappa shape index (κ2) is 9.01. The van der Waals surface area contributed by atoms with E-state index in [4.69, 9.17) is 0 Å². The van der Waals surface area contributed by atoms with Crippen LogP contribution in [-0.2, 0) is 14.8 Å². The lowest BCUT2D eigenvalue weighted by atomic mass is 10.2. The summed E-state index contributed by atoms with van der Waals surface area (Å²) in [5.74, 6) is -0.549. The van der Waals surface area contributed by atoms with Crippen molar-refractivity contribution in [2.75, 3.05) is 25.4 Å². The maximum Gasteiger partial charge on any atom is 0.261 e. The number of hydrogen-bond acceptors (Lipinski definition) is 4. The molecule has 27 heavy (non-hydrogen) atoms. The topological polar surface area (TPSA) is 95.6 Å². The minimum absolute atomic E-state index is 0.0255. The summed E-state index contributed by atoms with van der Waals surface area (Å²) < 4.78 is 28.4. The average molecular weight is 454 g/mol. The molecule has 2 rings (SSSR count). The van der Waals surface area contributed by atoms with Crippen molar-refractivity contribution < 1.29 is 18.0 Å². The first-order valence-corrected chi connectivity index (χ1v) is 10.3. The molecule has 0 aliphatic rings. The molecule has 0 bridgehead atoms. The lowest BCUT2D eigenvalue weighted by Crippen LogP contribution is -2.30. The standard InChI is InChI=1S/C18H20BrN3O4S/c1-22(2)17(23)10-11-20-18(24)13-4-3-5-16(12-13)27(25,26)21-15-8-6-14(19)7-9-15/h3-9,12,21H,10-11H2,1-2H3,(H,20,24). The van der Waals surface area contributed by atoms with Gasteiger partial charge in [0.05, 0.1) is 4.90 Å². The van der Waals surface area contributed by atoms with Crippen molar-refractivity contribution in [2.45, 2.75) is 11.3 Å². The Balaban J connectivity index is 2.08. The molecule has 2 amide bonds. The monoisotopic (exact) mass is 453 g/mol. The fraction of sp³-hybridized carbons (Fsp3) is 0.222. The molecule has 0 atom stereocenters. The van der Waals surface area contributed by atoms with E-state index in [1.807, 2.05) is 0 Å². The number of halogens is 1. The highest BCUT2D eigenvalue weighted by atomic mass is 79.9. The van der Waals surface area contributed by atoms with Gasteiger partial charge in [0, 0.05) is 42.8 Å². The quantitative estimate of drug-likeness (QED) is 0.672. The van der Waals surface area contributed by atoms with E-state index in [-0.39, 0.29) is 29.3 Å². The minimum Gasteiger partial charge on any atom is -0.352 e. The number of benzene rings is 2. The normalized spacial score (nSPS) is 10.9. The van der Waals surface area contributed by atoms with Crippen molar-refractivity contribution in [1.82, 2.24) is 10.2 Å². The van der Waals surface area contributed by atoms with Crippen LogP contribution in [0.1, 0.15) is 16.8 Å². The molecule has 0 aromatic heterocycles. The summed E-state index contributed by atoms with van der Waals surface area (Å²) in [6.07, 6.45) is 0.169. The number of carbonyl (C=O) groups excluding carboxylic acids is 2. The van der Waals surface area contributed by atoms with Gasteiger partial charge in [-0.3, -0.25) is 14.3 Å². The number of carbonyl (C=O) groups is 2. The third-order valence-electron chi connectivity index (χ3n) is 3.63. The van der Waals surface area contributed by atoms with E-state index in [9.17, 15) is 18.0 Å². The number of nitrogens with one attached hydrogen (secondary N) is 2. The first-order valence-electron chi connectivity index (χ1n) is 8.06. The Morgan fingerprint density at radius 2 is 1.74 bits per heavy atom. The number of sulfonamides is 1. The molecule has 0 heterocycles. The second-order valence-corrected chi connectivity index (χ2v) is 8.53. The first-order chi connectivity index (χ1) is 12.7. The van der Waals surface area contributed by atoms with Crippen LogP contribution in [0.2, 0.25) is 0 Å². The Morgan fingerprint density at radius 3 is 2.37 bits per heavy atom. The zero-order chi connectivity index (χ0) is 20.0. The lowest BCUT2D eigenvalue weighted by molar-refractivity contribution is -0.128. The summed E-state index contributed by atoms with van der Waals surface area (Å²) in [6, 6.07) is 12.4. The van der Waals surface area contributed by atoms with Gasteiger partial charge in [-0.25, -0.2) is 8.42 Å². The minimum atomic E-state index is -3.83. The Morgan fingerprint density at radius 1 is 1.07 bits per heavy atom. The third-order valence-corrected chi connectivity index (χ3v) is 5.53. The molecule has 2 aromatic rings. The van der Waals surface area contributed by atoms with Gasteiger partial charge in [0.2, 0.25) is 5.91 Å². The van der Waals surface area contributed by atoms with Crippen molar-refractivity contribution in [3.05, 3.63) is 58.6 Å². The highest BCUT2D eigenvalue weighted by Gasteiger charge is 2.16. The van der Waals surface area contributed by atoms with Gasteiger partial charge < -0.3 is 10.2 Å². The van der Waals surface area contributed by atoms with Crippen LogP contribution in [0, 0.1) is 0 Å². The van der Waals surface area contributed by atoms with Crippen molar-refractivity contribution in [1.29, 1.82) is 0 Å². The highest BCUT2D eigenvalue weighted by molar-refractivity contribution is 9.10. The van der Waals surface area contributed by atoms with E-state index < -0.39 is 15.9 Å². The van der Waals surface area contributed by atoms with Crippen molar-refractivity contribution >= 4 is 43.5 Å². The molecule has 0 saturated heterocycles. The summed E-state index contributed by atoms with van der Waals surface area (Å²) >= 11 is 3.29. The maximum atomic E-state index is 12.5. The van der Waals surface area contributed by atoms with Crippen LogP contribution in [0.25, 0.3) is 0 Å². The van der Waals surface area contributed by atoms with E-state index in [0.29, 0.717) is 5.69 Å². The molecule has 0 radical (unpaired) electrons. The predicted molar refractivity (Wildman–Crippen MR) is 107 cm³/mol. The summed E-state index contributed by atoms with van der Waals surface area (Å²) in [4.78, 5) is 25.2. The summed E-state index contributed by atoms with van der Waals surface area (Å²) in [5, 5.41) is 2.61. The number of rotatable bonds is 7. The van der Waals surface area contributed by atoms with Crippen LogP contribution in [-0.4, -0.2) is 45.8 Å². The van der Waals surface area contributed by atoms with Crippen molar-refractivity contribution in [2.24, 2.45) is 0 Å². The molecular weight excluding hydrogens is 434 g/mol. The zero-order valence-electron chi connectivity index (χ0n) is 14.9. The van der Waals surface area contributed by atoms with E-state index in [2.05, 4.69) is 26.0 Å². The van der Waals surface area contributed by atoms with Crippen LogP contribution in [0.15, 0.2) is 57.9 Å². The van der Waals surface area contributed by atoms with Crippen molar-refractivity contribution in [3.63, 3.8) is 0 Å². The molecule has 2 aromatic carbocycles. The van der Waals surface area contributed by atoms with E-state index in [0.717, 1.165) is 4.47 Å². The average Bonchev–Trinajstić information content (AvgIpc) is 2.63. The van der Waals surface area contributed by atoms with Crippen LogP contribution in [0.3, 0.4) is 0 Å². The Kier molecular flexibility index (Phi) is 6.98. The molecule has 0 aliphatic heterocycles. The van der Waals surface area contributed by atoms with Gasteiger partial charge >= 0.3 is 0 Å². The summed E-state index contributed by atoms with van der Waals surface area (Å²) in [6.45, 7) is 0.171. The Hall–Kier alpha value is -2.39. The SMILES string of the molecule is CN(C)C(=O)CCNC(=O)c1cccc(S(=O)(=O)Nc2ccc(Br)cc2)c1. The molecule has 7 nitrogen and oxygen atoms in total. The van der Waals surface area contributed by atoms with Crippen molar-refractivity contribution in [3.8, 4) is 0 Å². The van der Waals surface area contributed by atoms with Gasteiger partial charge in [-0.1, -0.05) is 22.0 Å². The molecule has 0 saturated carbocycles. The highest BCUT2D eigenvalue weighted by Crippen LogP contribution is 2.19. The molecule has 9 heteroatoms. The summed E-state index contributed by atoms with van der Waals surface area (Å²) in [5.41, 5.74) is 0.612. The largest absolute Gasteiger partial charge is 0.352 e. The Bertz CT molecular complexity index is 928. The van der Waals surface area contributed by atoms with Crippen LogP contribution in [0.4, 0.5) is 5.69 Å². The van der Waals surface area contributed by atoms with Gasteiger partial charge in [-0.2, -0.15) is 0 Å². The van der Waals surface area contributed by atoms with Gasteiger partial charge in [0.15, 0.2) is 0 Å². The van der Waals surface area contributed by atoms with Crippen LogP contribution >= 0.6 is 15.9 Å². The lowest BCUT2D eigenvalue weighted by Gasteiger charge is -2.11. The second-order valence-electron chi connectivity index (χ2n) is 5.93. The fourth-order valence-corrected chi connectivity index (χ4v) is 3.51.